The van der Waals surface area contributed by atoms with E-state index in [1.807, 2.05) is 25.1 Å². The molecule has 0 heterocycles. The second-order valence-corrected chi connectivity index (χ2v) is 5.70. The number of hydrogen-bond donors (Lipinski definition) is 1. The van der Waals surface area contributed by atoms with Crippen molar-refractivity contribution >= 4 is 23.2 Å². The third-order valence-electron chi connectivity index (χ3n) is 3.26. The van der Waals surface area contributed by atoms with Crippen molar-refractivity contribution in [1.82, 2.24) is 5.32 Å². The van der Waals surface area contributed by atoms with E-state index in [9.17, 15) is 4.39 Å². The summed E-state index contributed by atoms with van der Waals surface area (Å²) >= 11 is 12.1. The van der Waals surface area contributed by atoms with Crippen molar-refractivity contribution in [2.45, 2.75) is 26.4 Å². The molecule has 20 heavy (non-hydrogen) atoms. The van der Waals surface area contributed by atoms with Gasteiger partial charge in [0, 0.05) is 22.6 Å². The molecule has 0 radical (unpaired) electrons. The van der Waals surface area contributed by atoms with E-state index in [0.29, 0.717) is 22.2 Å². The van der Waals surface area contributed by atoms with Crippen LogP contribution in [0.2, 0.25) is 10.0 Å². The van der Waals surface area contributed by atoms with Crippen molar-refractivity contribution in [3.63, 3.8) is 0 Å². The van der Waals surface area contributed by atoms with Gasteiger partial charge in [-0.05, 0) is 48.7 Å². The van der Waals surface area contributed by atoms with Gasteiger partial charge in [-0.2, -0.15) is 0 Å². The molecule has 1 unspecified atom stereocenters. The summed E-state index contributed by atoms with van der Waals surface area (Å²) in [5, 5.41) is 4.64. The van der Waals surface area contributed by atoms with Crippen LogP contribution in [0.1, 0.15) is 29.7 Å². The molecule has 0 saturated heterocycles. The highest BCUT2D eigenvalue weighted by molar-refractivity contribution is 6.35. The number of nitrogens with one attached hydrogen (secondary N) is 1. The molecular weight excluding hydrogens is 296 g/mol. The topological polar surface area (TPSA) is 12.0 Å². The van der Waals surface area contributed by atoms with Gasteiger partial charge in [-0.1, -0.05) is 41.4 Å². The Morgan fingerprint density at radius 1 is 1.15 bits per heavy atom. The Hall–Kier alpha value is -1.09. The van der Waals surface area contributed by atoms with Crippen LogP contribution in [-0.4, -0.2) is 0 Å². The molecule has 1 nitrogen and oxygen atoms in total. The molecule has 106 valence electrons. The number of halogens is 3. The van der Waals surface area contributed by atoms with Crippen LogP contribution in [0.4, 0.5) is 4.39 Å². The lowest BCUT2D eigenvalue weighted by Gasteiger charge is -2.16. The monoisotopic (exact) mass is 311 g/mol. The van der Waals surface area contributed by atoms with Crippen molar-refractivity contribution in [1.29, 1.82) is 0 Å². The largest absolute Gasteiger partial charge is 0.306 e. The zero-order chi connectivity index (χ0) is 14.7. The summed E-state index contributed by atoms with van der Waals surface area (Å²) in [6, 6.07) is 10.7. The molecule has 0 aliphatic rings. The average molecular weight is 312 g/mol. The molecule has 0 saturated carbocycles. The fraction of sp³-hybridized carbons (Fsp3) is 0.250. The summed E-state index contributed by atoms with van der Waals surface area (Å²) < 4.78 is 13.2. The van der Waals surface area contributed by atoms with Crippen LogP contribution in [-0.2, 0) is 6.54 Å². The fourth-order valence-electron chi connectivity index (χ4n) is 2.05. The minimum Gasteiger partial charge on any atom is -0.306 e. The zero-order valence-corrected chi connectivity index (χ0v) is 12.9. The van der Waals surface area contributed by atoms with Gasteiger partial charge in [0.2, 0.25) is 0 Å². The summed E-state index contributed by atoms with van der Waals surface area (Å²) in [6.45, 7) is 4.45. The van der Waals surface area contributed by atoms with Gasteiger partial charge in [0.15, 0.2) is 0 Å². The van der Waals surface area contributed by atoms with E-state index in [-0.39, 0.29) is 11.9 Å². The molecule has 4 heteroatoms. The van der Waals surface area contributed by atoms with Crippen molar-refractivity contribution in [2.75, 3.05) is 0 Å². The van der Waals surface area contributed by atoms with Crippen molar-refractivity contribution < 1.29 is 4.39 Å². The predicted octanol–water partition coefficient (Wildman–Crippen LogP) is 5.29. The molecule has 0 aromatic heterocycles. The molecule has 0 amide bonds. The van der Waals surface area contributed by atoms with Gasteiger partial charge >= 0.3 is 0 Å². The van der Waals surface area contributed by atoms with E-state index >= 15 is 0 Å². The maximum absolute atomic E-state index is 13.2. The van der Waals surface area contributed by atoms with E-state index < -0.39 is 0 Å². The van der Waals surface area contributed by atoms with E-state index in [2.05, 4.69) is 5.32 Å². The summed E-state index contributed by atoms with van der Waals surface area (Å²) in [7, 11) is 0. The van der Waals surface area contributed by atoms with Gasteiger partial charge in [-0.25, -0.2) is 4.39 Å². The Labute approximate surface area is 128 Å². The Bertz CT molecular complexity index is 613. The van der Waals surface area contributed by atoms with Crippen LogP contribution >= 0.6 is 23.2 Å². The third-order valence-corrected chi connectivity index (χ3v) is 3.83. The molecule has 2 aromatic carbocycles. The van der Waals surface area contributed by atoms with Crippen LogP contribution in [0.15, 0.2) is 36.4 Å². The van der Waals surface area contributed by atoms with Gasteiger partial charge in [-0.3, -0.25) is 0 Å². The average Bonchev–Trinajstić information content (AvgIpc) is 2.40. The first kappa shape index (κ1) is 15.3. The number of aryl methyl sites for hydroxylation is 1. The maximum atomic E-state index is 13.2. The molecular formula is C16H16Cl2FN. The van der Waals surface area contributed by atoms with Crippen LogP contribution in [0, 0.1) is 12.7 Å². The molecule has 0 bridgehead atoms. The molecule has 0 spiro atoms. The minimum absolute atomic E-state index is 0.0881. The first-order chi connectivity index (χ1) is 9.47. The highest BCUT2D eigenvalue weighted by Crippen LogP contribution is 2.26. The quantitative estimate of drug-likeness (QED) is 0.808. The minimum atomic E-state index is -0.178. The number of hydrogen-bond acceptors (Lipinski definition) is 1. The van der Waals surface area contributed by atoms with Gasteiger partial charge in [0.25, 0.3) is 0 Å². The van der Waals surface area contributed by atoms with Gasteiger partial charge in [0.1, 0.15) is 5.82 Å². The van der Waals surface area contributed by atoms with E-state index in [4.69, 9.17) is 23.2 Å². The SMILES string of the molecule is Cc1cc(CNC(C)c2ccc(Cl)cc2Cl)ccc1F. The molecule has 0 aliphatic heterocycles. The van der Waals surface area contributed by atoms with Crippen LogP contribution < -0.4 is 5.32 Å². The molecule has 1 N–H and O–H groups in total. The molecule has 2 aromatic rings. The van der Waals surface area contributed by atoms with E-state index in [1.54, 1.807) is 19.1 Å². The molecule has 0 aliphatic carbocycles. The second kappa shape index (κ2) is 6.57. The summed E-state index contributed by atoms with van der Waals surface area (Å²) in [4.78, 5) is 0. The molecule has 0 fully saturated rings. The summed E-state index contributed by atoms with van der Waals surface area (Å²) in [6.07, 6.45) is 0. The normalized spacial score (nSPS) is 12.4. The Balaban J connectivity index is 2.04. The standard InChI is InChI=1S/C16H16Cl2FN/c1-10-7-12(3-6-16(10)19)9-20-11(2)14-5-4-13(17)8-15(14)18/h3-8,11,20H,9H2,1-2H3. The highest BCUT2D eigenvalue weighted by atomic mass is 35.5. The van der Waals surface area contributed by atoms with Crippen molar-refractivity contribution in [2.24, 2.45) is 0 Å². The highest BCUT2D eigenvalue weighted by Gasteiger charge is 2.10. The van der Waals surface area contributed by atoms with Gasteiger partial charge in [-0.15, -0.1) is 0 Å². The maximum Gasteiger partial charge on any atom is 0.126 e. The van der Waals surface area contributed by atoms with E-state index in [1.165, 1.54) is 6.07 Å². The molecule has 1 atom stereocenters. The fourth-order valence-corrected chi connectivity index (χ4v) is 2.62. The van der Waals surface area contributed by atoms with Crippen LogP contribution in [0.5, 0.6) is 0 Å². The predicted molar refractivity (Wildman–Crippen MR) is 82.9 cm³/mol. The Morgan fingerprint density at radius 2 is 1.90 bits per heavy atom. The third kappa shape index (κ3) is 3.72. The lowest BCUT2D eigenvalue weighted by atomic mass is 10.1. The van der Waals surface area contributed by atoms with Crippen LogP contribution in [0.3, 0.4) is 0 Å². The van der Waals surface area contributed by atoms with Gasteiger partial charge < -0.3 is 5.32 Å². The smallest absolute Gasteiger partial charge is 0.126 e. The number of benzene rings is 2. The summed E-state index contributed by atoms with van der Waals surface area (Å²) in [5.74, 6) is -0.178. The second-order valence-electron chi connectivity index (χ2n) is 4.85. The first-order valence-corrected chi connectivity index (χ1v) is 7.16. The Kier molecular flexibility index (Phi) is 5.03. The van der Waals surface area contributed by atoms with Crippen LogP contribution in [0.25, 0.3) is 0 Å². The van der Waals surface area contributed by atoms with Crippen molar-refractivity contribution in [3.05, 3.63) is 69.0 Å². The van der Waals surface area contributed by atoms with E-state index in [0.717, 1.165) is 11.1 Å². The Morgan fingerprint density at radius 3 is 2.55 bits per heavy atom. The first-order valence-electron chi connectivity index (χ1n) is 6.40. The van der Waals surface area contributed by atoms with Gasteiger partial charge in [0.05, 0.1) is 0 Å². The summed E-state index contributed by atoms with van der Waals surface area (Å²) in [5.41, 5.74) is 2.69. The zero-order valence-electron chi connectivity index (χ0n) is 11.4. The lowest BCUT2D eigenvalue weighted by Crippen LogP contribution is -2.18. The molecule has 2 rings (SSSR count). The lowest BCUT2D eigenvalue weighted by molar-refractivity contribution is 0.572. The van der Waals surface area contributed by atoms with Crippen molar-refractivity contribution in [3.8, 4) is 0 Å². The number of rotatable bonds is 4.